The lowest BCUT2D eigenvalue weighted by Crippen LogP contribution is -1.66. The molecule has 0 aliphatic rings. The molecular weight excluding hydrogens is 327 g/mol. The van der Waals surface area contributed by atoms with Crippen molar-refractivity contribution in [3.63, 3.8) is 0 Å². The summed E-state index contributed by atoms with van der Waals surface area (Å²) in [6.45, 7) is 0. The van der Waals surface area contributed by atoms with Crippen molar-refractivity contribution >= 4 is 23.5 Å². The highest BCUT2D eigenvalue weighted by atomic mass is 31.2. The summed E-state index contributed by atoms with van der Waals surface area (Å²) in [5, 5.41) is 0. The fourth-order valence-corrected chi connectivity index (χ4v) is 0. The molecule has 10 N–H and O–H groups in total. The molecule has 0 fully saturated rings. The average molecular weight is 337 g/mol. The van der Waals surface area contributed by atoms with Gasteiger partial charge in [-0.15, -0.1) is 5.53 Å². The van der Waals surface area contributed by atoms with E-state index in [9.17, 15) is 0 Å². The molecule has 0 aromatic carbocycles. The number of nitrogens with zero attached hydrogens (tertiary/aromatic N) is 2. The Morgan fingerprint density at radius 2 is 0.667 bits per heavy atom. The Hall–Kier alpha value is -0.360. The fourth-order valence-electron chi connectivity index (χ4n) is 0. The second-order valence-corrected chi connectivity index (χ2v) is 4.72. The Bertz CT molecular complexity index is 276. The van der Waals surface area contributed by atoms with Gasteiger partial charge in [0.2, 0.25) is 0 Å². The van der Waals surface area contributed by atoms with E-state index in [2.05, 4.69) is 0 Å². The Kier molecular flexibility index (Phi) is 17.1. The summed E-state index contributed by atoms with van der Waals surface area (Å²) in [4.78, 5) is 66.4. The van der Waals surface area contributed by atoms with Crippen LogP contribution >= 0.6 is 23.5 Å². The van der Waals surface area contributed by atoms with E-state index in [0.29, 0.717) is 0 Å². The lowest BCUT2D eigenvalue weighted by molar-refractivity contribution is 0.272. The van der Waals surface area contributed by atoms with Gasteiger partial charge in [-0.2, -0.15) is 0 Å². The van der Waals surface area contributed by atoms with Crippen LogP contribution in [0, 0.1) is 5.53 Å². The van der Waals surface area contributed by atoms with Crippen LogP contribution in [0.2, 0.25) is 0 Å². The largest absolute Gasteiger partial charge is 0.466 e. The topological polar surface area (TPSA) is 294 Å². The van der Waals surface area contributed by atoms with E-state index < -0.39 is 23.5 Å². The molecule has 0 heterocycles. The van der Waals surface area contributed by atoms with Crippen molar-refractivity contribution in [3.05, 3.63) is 10.4 Å². The minimum atomic E-state index is -4.64. The highest BCUT2D eigenvalue weighted by Gasteiger charge is 2.01. The molecule has 0 aliphatic carbocycles. The summed E-state index contributed by atoms with van der Waals surface area (Å²) in [5.74, 6) is 0. The van der Waals surface area contributed by atoms with E-state index in [1.54, 1.807) is 4.91 Å². The van der Waals surface area contributed by atoms with E-state index in [4.69, 9.17) is 68.8 Å². The fraction of sp³-hybridized carbons (Fsp3) is 0. The van der Waals surface area contributed by atoms with E-state index in [0.717, 1.165) is 0 Å². The third kappa shape index (κ3) is 25900. The second-order valence-electron chi connectivity index (χ2n) is 1.64. The summed E-state index contributed by atoms with van der Waals surface area (Å²) in [7, 11) is -13.9. The molecule has 0 saturated heterocycles. The van der Waals surface area contributed by atoms with Crippen LogP contribution in [0.15, 0.2) is 0 Å². The number of nitrogens with one attached hydrogen (secondary N) is 1. The van der Waals surface area contributed by atoms with Gasteiger partial charge in [0.05, 0.1) is 0 Å². The molecular formula is H10N3O12P3. The van der Waals surface area contributed by atoms with Crippen molar-refractivity contribution in [1.29, 1.82) is 5.53 Å². The average Bonchev–Trinajstić information content (AvgIpc) is 1.71. The normalized spacial score (nSPS) is 10.3. The molecule has 0 aliphatic heterocycles. The highest BCUT2D eigenvalue weighted by molar-refractivity contribution is 7.45. The zero-order valence-electron chi connectivity index (χ0n) is 7.99. The zero-order valence-corrected chi connectivity index (χ0v) is 10.7. The molecule has 112 valence electrons. The minimum absolute atomic E-state index is 1.75. The Balaban J connectivity index is -0.0000000739. The maximum absolute atomic E-state index is 8.88. The van der Waals surface area contributed by atoms with E-state index in [1.807, 2.05) is 0 Å². The molecule has 0 rings (SSSR count). The minimum Gasteiger partial charge on any atom is -0.303 e. The van der Waals surface area contributed by atoms with Crippen molar-refractivity contribution in [2.45, 2.75) is 0 Å². The summed E-state index contributed by atoms with van der Waals surface area (Å²) >= 11 is 0. The van der Waals surface area contributed by atoms with Gasteiger partial charge in [0.25, 0.3) is 0 Å². The standard InChI is InChI=1S/HN3.3H3O4P/c1-3-2;3*1-5(2,3)4/h1H;3*(H3,1,2,3,4). The van der Waals surface area contributed by atoms with Crippen LogP contribution < -0.4 is 0 Å². The Morgan fingerprint density at radius 1 is 0.667 bits per heavy atom. The summed E-state index contributed by atoms with van der Waals surface area (Å²) in [6, 6.07) is 0. The number of hydrogen-bond acceptors (Lipinski definition) is 4. The maximum atomic E-state index is 8.88. The monoisotopic (exact) mass is 337 g/mol. The Morgan fingerprint density at radius 3 is 0.667 bits per heavy atom. The third-order valence-electron chi connectivity index (χ3n) is 0. The maximum Gasteiger partial charge on any atom is 0.466 e. The molecule has 0 aromatic rings. The van der Waals surface area contributed by atoms with Crippen molar-refractivity contribution in [3.8, 4) is 0 Å². The van der Waals surface area contributed by atoms with Crippen molar-refractivity contribution < 1.29 is 57.7 Å². The van der Waals surface area contributed by atoms with Crippen LogP contribution in [0.3, 0.4) is 0 Å². The molecule has 0 radical (unpaired) electrons. The molecule has 0 unspecified atom stereocenters. The summed E-state index contributed by atoms with van der Waals surface area (Å²) in [6.07, 6.45) is 0. The SMILES string of the molecule is O=P(O)(O)O.O=P(O)(O)O.O=P(O)(O)O.[N-]=[N+]=N. The molecule has 15 nitrogen and oxygen atoms in total. The van der Waals surface area contributed by atoms with Crippen molar-refractivity contribution in [2.75, 3.05) is 0 Å². The smallest absolute Gasteiger partial charge is 0.303 e. The van der Waals surface area contributed by atoms with Gasteiger partial charge in [-0.3, -0.25) is 0 Å². The molecule has 18 heavy (non-hydrogen) atoms. The molecule has 0 bridgehead atoms. The van der Waals surface area contributed by atoms with Crippen LogP contribution in [0.25, 0.3) is 10.4 Å². The van der Waals surface area contributed by atoms with Gasteiger partial charge < -0.3 is 44.0 Å². The second kappa shape index (κ2) is 11.7. The first-order chi connectivity index (χ1) is 7.41. The van der Waals surface area contributed by atoms with Gasteiger partial charge in [-0.05, 0) is 10.4 Å². The molecule has 18 heteroatoms. The Labute approximate surface area is 98.1 Å². The van der Waals surface area contributed by atoms with Crippen LogP contribution in [0.4, 0.5) is 0 Å². The molecule has 0 saturated carbocycles. The first-order valence-corrected chi connectivity index (χ1v) is 7.47. The number of hydrogen-bond donors (Lipinski definition) is 10. The molecule has 0 spiro atoms. The highest BCUT2D eigenvalue weighted by Crippen LogP contribution is 2.26. The predicted molar refractivity (Wildman–Crippen MR) is 52.2 cm³/mol. The van der Waals surface area contributed by atoms with Gasteiger partial charge in [-0.1, -0.05) is 0 Å². The van der Waals surface area contributed by atoms with Gasteiger partial charge in [0.15, 0.2) is 0 Å². The lowest BCUT2D eigenvalue weighted by Gasteiger charge is -1.82. The summed E-state index contributed by atoms with van der Waals surface area (Å²) < 4.78 is 26.6. The van der Waals surface area contributed by atoms with Crippen LogP contribution in [0.1, 0.15) is 0 Å². The van der Waals surface area contributed by atoms with Gasteiger partial charge in [-0.25, -0.2) is 13.7 Å². The lowest BCUT2D eigenvalue weighted by atomic mass is 13.0. The first kappa shape index (κ1) is 26.3. The van der Waals surface area contributed by atoms with Gasteiger partial charge >= 0.3 is 23.5 Å². The van der Waals surface area contributed by atoms with Crippen molar-refractivity contribution in [2.24, 2.45) is 0 Å². The summed E-state index contributed by atoms with van der Waals surface area (Å²) in [5.41, 5.74) is 12.2. The van der Waals surface area contributed by atoms with Gasteiger partial charge in [0, 0.05) is 0 Å². The van der Waals surface area contributed by atoms with Crippen LogP contribution in [-0.4, -0.2) is 44.0 Å². The van der Waals surface area contributed by atoms with Crippen LogP contribution in [0.5, 0.6) is 0 Å². The first-order valence-electron chi connectivity index (χ1n) is 2.77. The zero-order chi connectivity index (χ0) is 16.2. The molecule has 0 amide bonds. The molecule has 0 atom stereocenters. The third-order valence-corrected chi connectivity index (χ3v) is 0. The predicted octanol–water partition coefficient (Wildman–Crippen LogP) is -1.91. The quantitative estimate of drug-likeness (QED) is 0.100. The van der Waals surface area contributed by atoms with E-state index in [1.165, 1.54) is 0 Å². The van der Waals surface area contributed by atoms with Crippen LogP contribution in [-0.2, 0) is 13.7 Å². The van der Waals surface area contributed by atoms with Gasteiger partial charge in [0.1, 0.15) is 0 Å². The number of phosphoric acid groups is 3. The van der Waals surface area contributed by atoms with Crippen molar-refractivity contribution in [1.82, 2.24) is 0 Å². The number of rotatable bonds is 0. The van der Waals surface area contributed by atoms with E-state index >= 15 is 0 Å². The van der Waals surface area contributed by atoms with E-state index in [-0.39, 0.29) is 0 Å². The molecule has 0 aromatic heterocycles.